The van der Waals surface area contributed by atoms with Crippen molar-refractivity contribution in [2.75, 3.05) is 33.3 Å². The number of piperazine rings is 1. The average Bonchev–Trinajstić information content (AvgIpc) is 3.09. The van der Waals surface area contributed by atoms with Gasteiger partial charge in [0.15, 0.2) is 0 Å². The zero-order valence-corrected chi connectivity index (χ0v) is 14.9. The molecule has 1 aliphatic heterocycles. The number of amides is 1. The summed E-state index contributed by atoms with van der Waals surface area (Å²) in [6.45, 7) is 6.35. The summed E-state index contributed by atoms with van der Waals surface area (Å²) >= 11 is 1.88. The maximum Gasteiger partial charge on any atom is 0.272 e. The van der Waals surface area contributed by atoms with Gasteiger partial charge in [0.2, 0.25) is 5.88 Å². The van der Waals surface area contributed by atoms with E-state index in [1.165, 1.54) is 23.2 Å². The molecule has 1 aliphatic rings. The van der Waals surface area contributed by atoms with Gasteiger partial charge in [-0.3, -0.25) is 9.69 Å². The van der Waals surface area contributed by atoms with Gasteiger partial charge in [0.1, 0.15) is 12.0 Å². The predicted molar refractivity (Wildman–Crippen MR) is 93.5 cm³/mol. The molecule has 2 aromatic rings. The van der Waals surface area contributed by atoms with E-state index in [-0.39, 0.29) is 5.91 Å². The second-order valence-electron chi connectivity index (χ2n) is 5.74. The normalized spacial score (nSPS) is 15.5. The molecule has 7 heteroatoms. The lowest BCUT2D eigenvalue weighted by Crippen LogP contribution is -2.48. The van der Waals surface area contributed by atoms with Crippen LogP contribution < -0.4 is 4.74 Å². The number of aryl methyl sites for hydroxylation is 1. The van der Waals surface area contributed by atoms with Crippen LogP contribution in [0.25, 0.3) is 0 Å². The fourth-order valence-corrected chi connectivity index (χ4v) is 3.76. The van der Waals surface area contributed by atoms with Gasteiger partial charge in [-0.25, -0.2) is 9.97 Å². The third kappa shape index (κ3) is 3.91. The standard InChI is InChI=1S/C17H22N4O2S/c1-3-13-4-5-14(24-13)11-20-6-8-21(9-7-20)17(22)15-10-16(23-2)19-12-18-15/h4-5,10,12H,3,6-9,11H2,1-2H3. The molecular weight excluding hydrogens is 324 g/mol. The summed E-state index contributed by atoms with van der Waals surface area (Å²) in [4.78, 5) is 27.6. The summed E-state index contributed by atoms with van der Waals surface area (Å²) in [6, 6.07) is 6.02. The quantitative estimate of drug-likeness (QED) is 0.829. The van der Waals surface area contributed by atoms with Crippen LogP contribution in [-0.2, 0) is 13.0 Å². The minimum atomic E-state index is -0.0558. The van der Waals surface area contributed by atoms with E-state index in [4.69, 9.17) is 4.74 Å². The SMILES string of the molecule is CCc1ccc(CN2CCN(C(=O)c3cc(OC)ncn3)CC2)s1. The summed E-state index contributed by atoms with van der Waals surface area (Å²) in [7, 11) is 1.53. The van der Waals surface area contributed by atoms with Gasteiger partial charge < -0.3 is 9.64 Å². The molecule has 24 heavy (non-hydrogen) atoms. The number of thiophene rings is 1. The molecule has 6 nitrogen and oxygen atoms in total. The van der Waals surface area contributed by atoms with E-state index in [0.29, 0.717) is 11.6 Å². The van der Waals surface area contributed by atoms with Crippen molar-refractivity contribution < 1.29 is 9.53 Å². The molecule has 1 amide bonds. The fraction of sp³-hybridized carbons (Fsp3) is 0.471. The molecule has 3 heterocycles. The van der Waals surface area contributed by atoms with E-state index in [1.807, 2.05) is 16.2 Å². The molecule has 0 radical (unpaired) electrons. The van der Waals surface area contributed by atoms with Crippen LogP contribution in [0.5, 0.6) is 5.88 Å². The molecule has 0 aromatic carbocycles. The van der Waals surface area contributed by atoms with Crippen LogP contribution in [-0.4, -0.2) is 59.0 Å². The highest BCUT2D eigenvalue weighted by Gasteiger charge is 2.23. The highest BCUT2D eigenvalue weighted by Crippen LogP contribution is 2.20. The van der Waals surface area contributed by atoms with Crippen LogP contribution in [0.4, 0.5) is 0 Å². The topological polar surface area (TPSA) is 58.6 Å². The summed E-state index contributed by atoms with van der Waals surface area (Å²) in [6.07, 6.45) is 2.46. The van der Waals surface area contributed by atoms with E-state index in [2.05, 4.69) is 33.9 Å². The molecule has 0 saturated carbocycles. The lowest BCUT2D eigenvalue weighted by atomic mass is 10.2. The highest BCUT2D eigenvalue weighted by molar-refractivity contribution is 7.11. The molecule has 0 atom stereocenters. The predicted octanol–water partition coefficient (Wildman–Crippen LogP) is 2.07. The Morgan fingerprint density at radius 2 is 1.96 bits per heavy atom. The first-order valence-corrected chi connectivity index (χ1v) is 8.96. The fourth-order valence-electron chi connectivity index (χ4n) is 2.76. The first kappa shape index (κ1) is 16.9. The summed E-state index contributed by atoms with van der Waals surface area (Å²) in [5, 5.41) is 0. The van der Waals surface area contributed by atoms with Crippen molar-refractivity contribution in [3.05, 3.63) is 40.0 Å². The zero-order chi connectivity index (χ0) is 16.9. The average molecular weight is 346 g/mol. The number of hydrogen-bond donors (Lipinski definition) is 0. The third-order valence-electron chi connectivity index (χ3n) is 4.17. The van der Waals surface area contributed by atoms with Crippen LogP contribution in [0.3, 0.4) is 0 Å². The minimum Gasteiger partial charge on any atom is -0.481 e. The van der Waals surface area contributed by atoms with Gasteiger partial charge in [0.05, 0.1) is 7.11 Å². The van der Waals surface area contributed by atoms with Crippen molar-refractivity contribution in [1.29, 1.82) is 0 Å². The molecule has 0 unspecified atom stereocenters. The van der Waals surface area contributed by atoms with Crippen LogP contribution in [0, 0.1) is 0 Å². The van der Waals surface area contributed by atoms with Crippen LogP contribution >= 0.6 is 11.3 Å². The Morgan fingerprint density at radius 3 is 2.62 bits per heavy atom. The van der Waals surface area contributed by atoms with E-state index in [1.54, 1.807) is 6.07 Å². The largest absolute Gasteiger partial charge is 0.481 e. The van der Waals surface area contributed by atoms with E-state index >= 15 is 0 Å². The minimum absolute atomic E-state index is 0.0558. The Morgan fingerprint density at radius 1 is 1.21 bits per heavy atom. The lowest BCUT2D eigenvalue weighted by molar-refractivity contribution is 0.0623. The molecule has 1 saturated heterocycles. The van der Waals surface area contributed by atoms with Crippen molar-refractivity contribution in [3.8, 4) is 5.88 Å². The van der Waals surface area contributed by atoms with Gasteiger partial charge >= 0.3 is 0 Å². The van der Waals surface area contributed by atoms with Gasteiger partial charge in [-0.15, -0.1) is 11.3 Å². The number of rotatable bonds is 5. The maximum atomic E-state index is 12.5. The summed E-state index contributed by atoms with van der Waals surface area (Å²) in [5.74, 6) is 0.358. The number of carbonyl (C=O) groups excluding carboxylic acids is 1. The van der Waals surface area contributed by atoms with Gasteiger partial charge in [0, 0.05) is 48.5 Å². The number of nitrogens with zero attached hydrogens (tertiary/aromatic N) is 4. The Balaban J connectivity index is 1.55. The molecule has 3 rings (SSSR count). The first-order valence-electron chi connectivity index (χ1n) is 8.15. The monoisotopic (exact) mass is 346 g/mol. The molecule has 0 aliphatic carbocycles. The van der Waals surface area contributed by atoms with Crippen LogP contribution in [0.2, 0.25) is 0 Å². The Kier molecular flexibility index (Phi) is 5.42. The Hall–Kier alpha value is -1.99. The molecule has 1 fully saturated rings. The first-order chi connectivity index (χ1) is 11.7. The lowest BCUT2D eigenvalue weighted by Gasteiger charge is -2.34. The number of aromatic nitrogens is 2. The molecular formula is C17H22N4O2S. The van der Waals surface area contributed by atoms with Crippen LogP contribution in [0.15, 0.2) is 24.5 Å². The number of methoxy groups -OCH3 is 1. The van der Waals surface area contributed by atoms with E-state index in [0.717, 1.165) is 39.1 Å². The van der Waals surface area contributed by atoms with Crippen molar-refractivity contribution in [3.63, 3.8) is 0 Å². The van der Waals surface area contributed by atoms with Gasteiger partial charge in [-0.1, -0.05) is 6.92 Å². The maximum absolute atomic E-state index is 12.5. The number of carbonyl (C=O) groups is 1. The highest BCUT2D eigenvalue weighted by atomic mass is 32.1. The van der Waals surface area contributed by atoms with E-state index in [9.17, 15) is 4.79 Å². The van der Waals surface area contributed by atoms with Gasteiger partial charge in [-0.05, 0) is 18.6 Å². The molecule has 0 spiro atoms. The van der Waals surface area contributed by atoms with Crippen molar-refractivity contribution >= 4 is 17.2 Å². The molecule has 2 aromatic heterocycles. The van der Waals surface area contributed by atoms with Crippen LogP contribution in [0.1, 0.15) is 27.2 Å². The van der Waals surface area contributed by atoms with Crippen molar-refractivity contribution in [1.82, 2.24) is 19.8 Å². The second kappa shape index (κ2) is 7.72. The smallest absolute Gasteiger partial charge is 0.272 e. The Labute approximate surface area is 146 Å². The Bertz CT molecular complexity index is 695. The summed E-state index contributed by atoms with van der Waals surface area (Å²) < 4.78 is 5.06. The van der Waals surface area contributed by atoms with Crippen molar-refractivity contribution in [2.24, 2.45) is 0 Å². The molecule has 128 valence electrons. The second-order valence-corrected chi connectivity index (χ2v) is 6.99. The molecule has 0 N–H and O–H groups in total. The van der Waals surface area contributed by atoms with Crippen molar-refractivity contribution in [2.45, 2.75) is 19.9 Å². The van der Waals surface area contributed by atoms with E-state index < -0.39 is 0 Å². The third-order valence-corrected chi connectivity index (χ3v) is 5.39. The van der Waals surface area contributed by atoms with Gasteiger partial charge in [0.25, 0.3) is 5.91 Å². The molecule has 0 bridgehead atoms. The van der Waals surface area contributed by atoms with Gasteiger partial charge in [-0.2, -0.15) is 0 Å². The number of ether oxygens (including phenoxy) is 1. The summed E-state index contributed by atoms with van der Waals surface area (Å²) in [5.41, 5.74) is 0.390. The number of hydrogen-bond acceptors (Lipinski definition) is 6. The zero-order valence-electron chi connectivity index (χ0n) is 14.1.